The van der Waals surface area contributed by atoms with Gasteiger partial charge in [-0.2, -0.15) is 0 Å². The lowest BCUT2D eigenvalue weighted by molar-refractivity contribution is 1.08. The van der Waals surface area contributed by atoms with Gasteiger partial charge in [-0.05, 0) is 25.0 Å². The van der Waals surface area contributed by atoms with Crippen LogP contribution in [0.4, 0.5) is 5.69 Å². The molecular weight excluding hydrogens is 146 g/mol. The van der Waals surface area contributed by atoms with Gasteiger partial charge in [0.25, 0.3) is 0 Å². The maximum atomic E-state index is 3.40. The lowest BCUT2D eigenvalue weighted by Crippen LogP contribution is -1.99. The highest BCUT2D eigenvalue weighted by molar-refractivity contribution is 5.76. The van der Waals surface area contributed by atoms with Crippen LogP contribution in [0, 0.1) is 0 Å². The quantitative estimate of drug-likeness (QED) is 0.613. The molecule has 0 atom stereocenters. The average molecular weight is 159 g/mol. The maximum absolute atomic E-state index is 3.40. The summed E-state index contributed by atoms with van der Waals surface area (Å²) in [5, 5.41) is 3.40. The van der Waals surface area contributed by atoms with Gasteiger partial charge in [-0.3, -0.25) is 0 Å². The second-order valence-electron chi connectivity index (χ2n) is 3.15. The van der Waals surface area contributed by atoms with E-state index in [0.717, 1.165) is 13.0 Å². The van der Waals surface area contributed by atoms with Crippen LogP contribution < -0.4 is 5.32 Å². The van der Waals surface area contributed by atoms with Gasteiger partial charge in [-0.1, -0.05) is 24.3 Å². The number of para-hydroxylation sites is 1. The molecule has 2 rings (SSSR count). The highest BCUT2D eigenvalue weighted by Crippen LogP contribution is 2.25. The lowest BCUT2D eigenvalue weighted by atomic mass is 10.1. The smallest absolute Gasteiger partial charge is 0.0416 e. The molecule has 0 unspecified atom stereocenters. The van der Waals surface area contributed by atoms with Gasteiger partial charge in [0.15, 0.2) is 0 Å². The molecule has 0 radical (unpaired) electrons. The summed E-state index contributed by atoms with van der Waals surface area (Å²) in [6, 6.07) is 8.46. The first-order valence-electron chi connectivity index (χ1n) is 4.38. The Hall–Kier alpha value is -1.24. The SMILES string of the molecule is CC1=CCCNc2ccccc21. The summed E-state index contributed by atoms with van der Waals surface area (Å²) in [5.74, 6) is 0. The van der Waals surface area contributed by atoms with Crippen LogP contribution in [0.2, 0.25) is 0 Å². The van der Waals surface area contributed by atoms with Gasteiger partial charge in [0.05, 0.1) is 0 Å². The zero-order valence-corrected chi connectivity index (χ0v) is 7.30. The van der Waals surface area contributed by atoms with Gasteiger partial charge in [0.2, 0.25) is 0 Å². The van der Waals surface area contributed by atoms with Gasteiger partial charge in [0.1, 0.15) is 0 Å². The van der Waals surface area contributed by atoms with Crippen molar-refractivity contribution in [2.24, 2.45) is 0 Å². The molecule has 0 saturated carbocycles. The Morgan fingerprint density at radius 1 is 1.25 bits per heavy atom. The zero-order chi connectivity index (χ0) is 8.39. The van der Waals surface area contributed by atoms with E-state index >= 15 is 0 Å². The summed E-state index contributed by atoms with van der Waals surface area (Å²) in [4.78, 5) is 0. The average Bonchev–Trinajstić information content (AvgIpc) is 2.29. The van der Waals surface area contributed by atoms with Crippen LogP contribution in [0.5, 0.6) is 0 Å². The van der Waals surface area contributed by atoms with Crippen molar-refractivity contribution in [1.29, 1.82) is 0 Å². The Morgan fingerprint density at radius 2 is 2.08 bits per heavy atom. The molecule has 1 heteroatoms. The van der Waals surface area contributed by atoms with Gasteiger partial charge < -0.3 is 5.32 Å². The third kappa shape index (κ3) is 1.22. The van der Waals surface area contributed by atoms with Crippen molar-refractivity contribution in [2.45, 2.75) is 13.3 Å². The van der Waals surface area contributed by atoms with Crippen molar-refractivity contribution in [3.8, 4) is 0 Å². The van der Waals surface area contributed by atoms with E-state index in [-0.39, 0.29) is 0 Å². The van der Waals surface area contributed by atoms with Gasteiger partial charge in [-0.25, -0.2) is 0 Å². The third-order valence-corrected chi connectivity index (χ3v) is 2.26. The summed E-state index contributed by atoms with van der Waals surface area (Å²) < 4.78 is 0. The van der Waals surface area contributed by atoms with E-state index in [2.05, 4.69) is 42.6 Å². The molecule has 0 bridgehead atoms. The molecule has 1 aromatic rings. The number of anilines is 1. The van der Waals surface area contributed by atoms with E-state index in [1.165, 1.54) is 16.8 Å². The summed E-state index contributed by atoms with van der Waals surface area (Å²) >= 11 is 0. The summed E-state index contributed by atoms with van der Waals surface area (Å²) in [5.41, 5.74) is 3.99. The highest BCUT2D eigenvalue weighted by atomic mass is 14.9. The molecule has 1 aromatic carbocycles. The van der Waals surface area contributed by atoms with Crippen molar-refractivity contribution in [1.82, 2.24) is 0 Å². The fraction of sp³-hybridized carbons (Fsp3) is 0.273. The van der Waals surface area contributed by atoms with Crippen LogP contribution in [0.3, 0.4) is 0 Å². The molecule has 1 nitrogen and oxygen atoms in total. The predicted octanol–water partition coefficient (Wildman–Crippen LogP) is 2.91. The second-order valence-corrected chi connectivity index (χ2v) is 3.15. The Labute approximate surface area is 73.1 Å². The largest absolute Gasteiger partial charge is 0.384 e. The Balaban J connectivity index is 2.51. The van der Waals surface area contributed by atoms with Crippen LogP contribution in [0.15, 0.2) is 30.3 Å². The van der Waals surface area contributed by atoms with Crippen LogP contribution in [0.25, 0.3) is 5.57 Å². The van der Waals surface area contributed by atoms with Crippen molar-refractivity contribution < 1.29 is 0 Å². The number of hydrogen-bond donors (Lipinski definition) is 1. The van der Waals surface area contributed by atoms with Gasteiger partial charge in [-0.15, -0.1) is 0 Å². The first kappa shape index (κ1) is 7.41. The molecule has 1 aliphatic heterocycles. The lowest BCUT2D eigenvalue weighted by Gasteiger charge is -2.07. The van der Waals surface area contributed by atoms with Crippen LogP contribution in [-0.2, 0) is 0 Å². The molecule has 1 N–H and O–H groups in total. The van der Waals surface area contributed by atoms with Crippen molar-refractivity contribution >= 4 is 11.3 Å². The Bertz CT molecular complexity index is 313. The molecular formula is C11H13N. The predicted molar refractivity (Wildman–Crippen MR) is 53.2 cm³/mol. The maximum Gasteiger partial charge on any atom is 0.0416 e. The number of hydrogen-bond acceptors (Lipinski definition) is 1. The minimum absolute atomic E-state index is 1.05. The molecule has 62 valence electrons. The Kier molecular flexibility index (Phi) is 1.86. The fourth-order valence-electron chi connectivity index (χ4n) is 1.59. The first-order chi connectivity index (χ1) is 5.88. The third-order valence-electron chi connectivity index (χ3n) is 2.26. The Morgan fingerprint density at radius 3 is 3.00 bits per heavy atom. The molecule has 0 saturated heterocycles. The molecule has 0 aliphatic carbocycles. The van der Waals surface area contributed by atoms with E-state index in [4.69, 9.17) is 0 Å². The van der Waals surface area contributed by atoms with E-state index in [1.54, 1.807) is 0 Å². The summed E-state index contributed by atoms with van der Waals surface area (Å²) in [6.45, 7) is 3.22. The molecule has 0 spiro atoms. The van der Waals surface area contributed by atoms with E-state index in [0.29, 0.717) is 0 Å². The molecule has 0 amide bonds. The molecule has 1 heterocycles. The standard InChI is InChI=1S/C11H13N/c1-9-5-4-8-12-11-7-3-2-6-10(9)11/h2-3,5-7,12H,4,8H2,1H3. The van der Waals surface area contributed by atoms with Crippen LogP contribution >= 0.6 is 0 Å². The van der Waals surface area contributed by atoms with Crippen molar-refractivity contribution in [3.05, 3.63) is 35.9 Å². The minimum atomic E-state index is 1.05. The molecule has 1 aliphatic rings. The monoisotopic (exact) mass is 159 g/mol. The number of nitrogens with one attached hydrogen (secondary N) is 1. The topological polar surface area (TPSA) is 12.0 Å². The summed E-state index contributed by atoms with van der Waals surface area (Å²) in [7, 11) is 0. The van der Waals surface area contributed by atoms with Crippen molar-refractivity contribution in [2.75, 3.05) is 11.9 Å². The normalized spacial score (nSPS) is 15.6. The number of fused-ring (bicyclic) bond motifs is 1. The first-order valence-corrected chi connectivity index (χ1v) is 4.38. The number of rotatable bonds is 0. The van der Waals surface area contributed by atoms with Gasteiger partial charge >= 0.3 is 0 Å². The molecule has 0 fully saturated rings. The van der Waals surface area contributed by atoms with E-state index in [9.17, 15) is 0 Å². The molecule has 0 aromatic heterocycles. The minimum Gasteiger partial charge on any atom is -0.384 e. The van der Waals surface area contributed by atoms with E-state index in [1.807, 2.05) is 0 Å². The zero-order valence-electron chi connectivity index (χ0n) is 7.30. The second kappa shape index (κ2) is 3.02. The van der Waals surface area contributed by atoms with Gasteiger partial charge in [0, 0.05) is 17.8 Å². The fourth-order valence-corrected chi connectivity index (χ4v) is 1.59. The number of benzene rings is 1. The van der Waals surface area contributed by atoms with E-state index < -0.39 is 0 Å². The molecule has 12 heavy (non-hydrogen) atoms. The summed E-state index contributed by atoms with van der Waals surface area (Å²) in [6.07, 6.45) is 3.42. The number of allylic oxidation sites excluding steroid dienone is 1. The van der Waals surface area contributed by atoms with Crippen molar-refractivity contribution in [3.63, 3.8) is 0 Å². The highest BCUT2D eigenvalue weighted by Gasteiger charge is 2.04. The van der Waals surface area contributed by atoms with Crippen LogP contribution in [0.1, 0.15) is 18.9 Å². The van der Waals surface area contributed by atoms with Crippen LogP contribution in [-0.4, -0.2) is 6.54 Å².